The molecule has 0 aliphatic carbocycles. The lowest BCUT2D eigenvalue weighted by Gasteiger charge is -2.04. The minimum absolute atomic E-state index is 0.0885. The third-order valence-electron chi connectivity index (χ3n) is 2.58. The Kier molecular flexibility index (Phi) is 3.04. The zero-order chi connectivity index (χ0) is 13.3. The molecule has 2 aromatic rings. The zero-order valence-corrected chi connectivity index (χ0v) is 10.8. The van der Waals surface area contributed by atoms with E-state index < -0.39 is 15.4 Å². The van der Waals surface area contributed by atoms with Crippen LogP contribution in [0.25, 0.3) is 0 Å². The van der Waals surface area contributed by atoms with Crippen molar-refractivity contribution in [3.63, 3.8) is 0 Å². The smallest absolute Gasteiger partial charge is 0.267 e. The van der Waals surface area contributed by atoms with E-state index in [0.29, 0.717) is 0 Å². The topological polar surface area (TPSA) is 69.0 Å². The van der Waals surface area contributed by atoms with E-state index in [9.17, 15) is 13.2 Å². The van der Waals surface area contributed by atoms with Crippen molar-refractivity contribution < 1.29 is 8.42 Å². The number of benzene rings is 1. The molecule has 0 aliphatic rings. The Morgan fingerprint density at radius 3 is 2.28 bits per heavy atom. The molecule has 0 radical (unpaired) electrons. The number of sulfone groups is 1. The van der Waals surface area contributed by atoms with Crippen LogP contribution < -0.4 is 5.56 Å². The first-order valence-corrected chi connectivity index (χ1v) is 6.75. The van der Waals surface area contributed by atoms with Crippen LogP contribution in [0.1, 0.15) is 5.56 Å². The lowest BCUT2D eigenvalue weighted by atomic mass is 10.2. The highest BCUT2D eigenvalue weighted by atomic mass is 32.2. The van der Waals surface area contributed by atoms with E-state index >= 15 is 0 Å². The van der Waals surface area contributed by atoms with Crippen molar-refractivity contribution >= 4 is 9.84 Å². The van der Waals surface area contributed by atoms with E-state index in [-0.39, 0.29) is 9.79 Å². The van der Waals surface area contributed by atoms with Crippen LogP contribution in [0.15, 0.2) is 51.1 Å². The number of aromatic nitrogens is 2. The number of aryl methyl sites for hydroxylation is 2. The fraction of sp³-hybridized carbons (Fsp3) is 0.167. The molecule has 0 bridgehead atoms. The molecule has 5 nitrogen and oxygen atoms in total. The van der Waals surface area contributed by atoms with Crippen molar-refractivity contribution in [2.24, 2.45) is 7.05 Å². The summed E-state index contributed by atoms with van der Waals surface area (Å²) in [7, 11) is -2.21. The average Bonchev–Trinajstić information content (AvgIpc) is 2.33. The van der Waals surface area contributed by atoms with E-state index in [1.807, 2.05) is 6.92 Å². The predicted octanol–water partition coefficient (Wildman–Crippen LogP) is 0.922. The van der Waals surface area contributed by atoms with Crippen LogP contribution in [-0.2, 0) is 16.9 Å². The van der Waals surface area contributed by atoms with E-state index in [0.717, 1.165) is 16.3 Å². The molecule has 0 saturated heterocycles. The van der Waals surface area contributed by atoms with Gasteiger partial charge in [0, 0.05) is 13.1 Å². The summed E-state index contributed by atoms with van der Waals surface area (Å²) in [4.78, 5) is 11.5. The number of hydrogen-bond acceptors (Lipinski definition) is 4. The van der Waals surface area contributed by atoms with Crippen LogP contribution in [0.2, 0.25) is 0 Å². The Labute approximate surface area is 105 Å². The molecule has 18 heavy (non-hydrogen) atoms. The molecule has 0 aliphatic heterocycles. The lowest BCUT2D eigenvalue weighted by molar-refractivity contribution is 0.592. The summed E-state index contributed by atoms with van der Waals surface area (Å²) in [6.07, 6.45) is 1.18. The van der Waals surface area contributed by atoms with Gasteiger partial charge in [0.15, 0.2) is 0 Å². The summed E-state index contributed by atoms with van der Waals surface area (Å²) >= 11 is 0. The summed E-state index contributed by atoms with van der Waals surface area (Å²) in [5.41, 5.74) is 0.513. The molecule has 0 fully saturated rings. The van der Waals surface area contributed by atoms with E-state index in [1.165, 1.54) is 25.4 Å². The molecule has 0 saturated carbocycles. The van der Waals surface area contributed by atoms with Crippen molar-refractivity contribution in [3.05, 3.63) is 52.4 Å². The van der Waals surface area contributed by atoms with Crippen molar-refractivity contribution in [1.29, 1.82) is 0 Å². The Hall–Kier alpha value is -1.95. The quantitative estimate of drug-likeness (QED) is 0.809. The highest BCUT2D eigenvalue weighted by Crippen LogP contribution is 2.18. The number of hydrogen-bond donors (Lipinski definition) is 0. The molecule has 0 atom stereocenters. The van der Waals surface area contributed by atoms with Crippen molar-refractivity contribution in [1.82, 2.24) is 9.78 Å². The predicted molar refractivity (Wildman–Crippen MR) is 66.1 cm³/mol. The fourth-order valence-corrected chi connectivity index (χ4v) is 2.66. The van der Waals surface area contributed by atoms with Gasteiger partial charge in [-0.3, -0.25) is 4.79 Å². The molecule has 0 amide bonds. The van der Waals surface area contributed by atoms with Crippen LogP contribution in [0.3, 0.4) is 0 Å². The van der Waals surface area contributed by atoms with E-state index in [2.05, 4.69) is 5.10 Å². The second kappa shape index (κ2) is 4.38. The molecule has 0 spiro atoms. The number of nitrogens with zero attached hydrogens (tertiary/aromatic N) is 2. The van der Waals surface area contributed by atoms with Crippen LogP contribution in [-0.4, -0.2) is 18.2 Å². The highest BCUT2D eigenvalue weighted by Gasteiger charge is 2.18. The maximum absolute atomic E-state index is 12.2. The minimum atomic E-state index is -3.67. The highest BCUT2D eigenvalue weighted by molar-refractivity contribution is 7.91. The molecule has 1 aromatic heterocycles. The van der Waals surface area contributed by atoms with Gasteiger partial charge in [-0.25, -0.2) is 13.1 Å². The van der Waals surface area contributed by atoms with Crippen molar-refractivity contribution in [2.75, 3.05) is 0 Å². The van der Waals surface area contributed by atoms with Crippen molar-refractivity contribution in [3.8, 4) is 0 Å². The summed E-state index contributed by atoms with van der Waals surface area (Å²) in [6, 6.07) is 7.52. The second-order valence-electron chi connectivity index (χ2n) is 3.97. The first kappa shape index (κ1) is 12.5. The normalized spacial score (nSPS) is 11.4. The Balaban J connectivity index is 2.58. The summed E-state index contributed by atoms with van der Waals surface area (Å²) in [6.45, 7) is 1.87. The molecule has 2 rings (SSSR count). The number of rotatable bonds is 2. The van der Waals surface area contributed by atoms with Gasteiger partial charge in [-0.15, -0.1) is 0 Å². The lowest BCUT2D eigenvalue weighted by Crippen LogP contribution is -2.20. The molecule has 1 aromatic carbocycles. The molecule has 0 N–H and O–H groups in total. The Bertz CT molecular complexity index is 731. The third-order valence-corrected chi connectivity index (χ3v) is 4.32. The van der Waals surface area contributed by atoms with E-state index in [1.54, 1.807) is 12.1 Å². The van der Waals surface area contributed by atoms with Gasteiger partial charge in [-0.1, -0.05) is 17.7 Å². The van der Waals surface area contributed by atoms with Crippen LogP contribution in [0, 0.1) is 6.92 Å². The zero-order valence-electron chi connectivity index (χ0n) is 9.99. The summed E-state index contributed by atoms with van der Waals surface area (Å²) in [5, 5.41) is 3.71. The SMILES string of the molecule is Cc1ccc(S(=O)(=O)c2cnn(C)c(=O)c2)cc1. The van der Waals surface area contributed by atoms with E-state index in [4.69, 9.17) is 0 Å². The van der Waals surface area contributed by atoms with Gasteiger partial charge in [-0.05, 0) is 19.1 Å². The maximum atomic E-state index is 12.2. The molecule has 0 unspecified atom stereocenters. The first-order chi connectivity index (χ1) is 8.41. The standard InChI is InChI=1S/C12H12N2O3S/c1-9-3-5-10(6-4-9)18(16,17)11-7-12(15)14(2)13-8-11/h3-8H,1-2H3. The van der Waals surface area contributed by atoms with Gasteiger partial charge >= 0.3 is 0 Å². The second-order valence-corrected chi connectivity index (χ2v) is 5.92. The first-order valence-electron chi connectivity index (χ1n) is 5.26. The van der Waals surface area contributed by atoms with Crippen LogP contribution in [0.5, 0.6) is 0 Å². The van der Waals surface area contributed by atoms with Gasteiger partial charge in [0.05, 0.1) is 16.0 Å². The summed E-state index contributed by atoms with van der Waals surface area (Å²) in [5.74, 6) is 0. The largest absolute Gasteiger partial charge is 0.268 e. The molecule has 94 valence electrons. The van der Waals surface area contributed by atoms with Crippen LogP contribution >= 0.6 is 0 Å². The Morgan fingerprint density at radius 2 is 1.72 bits per heavy atom. The fourth-order valence-electron chi connectivity index (χ4n) is 1.45. The Morgan fingerprint density at radius 1 is 1.11 bits per heavy atom. The monoisotopic (exact) mass is 264 g/mol. The third kappa shape index (κ3) is 2.19. The van der Waals surface area contributed by atoms with Gasteiger partial charge in [0.25, 0.3) is 5.56 Å². The minimum Gasteiger partial charge on any atom is -0.268 e. The van der Waals surface area contributed by atoms with Crippen LogP contribution in [0.4, 0.5) is 0 Å². The molecular formula is C12H12N2O3S. The molecular weight excluding hydrogens is 252 g/mol. The van der Waals surface area contributed by atoms with Gasteiger partial charge in [0.1, 0.15) is 0 Å². The summed E-state index contributed by atoms with van der Waals surface area (Å²) < 4.78 is 25.5. The van der Waals surface area contributed by atoms with Gasteiger partial charge in [0.2, 0.25) is 9.84 Å². The molecule has 6 heteroatoms. The molecule has 1 heterocycles. The average molecular weight is 264 g/mol. The van der Waals surface area contributed by atoms with Crippen molar-refractivity contribution in [2.45, 2.75) is 16.7 Å². The van der Waals surface area contributed by atoms with Gasteiger partial charge in [-0.2, -0.15) is 5.10 Å². The van der Waals surface area contributed by atoms with Gasteiger partial charge < -0.3 is 0 Å². The maximum Gasteiger partial charge on any atom is 0.267 e.